The molecule has 1 aromatic rings. The predicted molar refractivity (Wildman–Crippen MR) is 104 cm³/mol. The molecule has 2 aliphatic heterocycles. The Hall–Kier alpha value is -2.41. The number of benzene rings is 1. The van der Waals surface area contributed by atoms with Gasteiger partial charge in [0.15, 0.2) is 0 Å². The second kappa shape index (κ2) is 9.19. The van der Waals surface area contributed by atoms with Crippen LogP contribution in [0.15, 0.2) is 30.3 Å². The van der Waals surface area contributed by atoms with Crippen molar-refractivity contribution in [3.05, 3.63) is 35.9 Å². The van der Waals surface area contributed by atoms with Gasteiger partial charge in [0, 0.05) is 26.1 Å². The van der Waals surface area contributed by atoms with Crippen LogP contribution in [0.2, 0.25) is 0 Å². The minimum absolute atomic E-state index is 0.0268. The fraction of sp³-hybridized carbons (Fsp3) is 0.571. The van der Waals surface area contributed by atoms with E-state index in [0.717, 1.165) is 37.9 Å². The molecular weight excluding hydrogens is 358 g/mol. The first-order chi connectivity index (χ1) is 13.5. The Labute approximate surface area is 165 Å². The number of carboxylic acids is 1. The van der Waals surface area contributed by atoms with E-state index in [0.29, 0.717) is 13.0 Å². The van der Waals surface area contributed by atoms with E-state index in [2.05, 4.69) is 0 Å². The number of aliphatic carboxylic acids is 1. The second-order valence-electron chi connectivity index (χ2n) is 7.87. The fourth-order valence-corrected chi connectivity index (χ4v) is 4.24. The summed E-state index contributed by atoms with van der Waals surface area (Å²) in [6, 6.07) is 8.18. The van der Waals surface area contributed by atoms with Gasteiger partial charge in [0.2, 0.25) is 11.8 Å². The summed E-state index contributed by atoms with van der Waals surface area (Å²) in [6.45, 7) is 1.94. The van der Waals surface area contributed by atoms with Crippen molar-refractivity contribution in [1.82, 2.24) is 9.80 Å². The van der Waals surface area contributed by atoms with E-state index >= 15 is 0 Å². The molecule has 0 bridgehead atoms. The number of carboxylic acid groups (broad SMARTS) is 1. The van der Waals surface area contributed by atoms with E-state index in [1.807, 2.05) is 35.2 Å². The topological polar surface area (TPSA) is 104 Å². The molecule has 3 atom stereocenters. The van der Waals surface area contributed by atoms with Crippen molar-refractivity contribution in [2.24, 2.45) is 11.7 Å². The van der Waals surface area contributed by atoms with Gasteiger partial charge in [0.05, 0.1) is 6.04 Å². The van der Waals surface area contributed by atoms with Crippen LogP contribution >= 0.6 is 0 Å². The molecular formula is C21H29N3O4. The lowest BCUT2D eigenvalue weighted by atomic mass is 9.97. The van der Waals surface area contributed by atoms with E-state index in [1.165, 1.54) is 4.90 Å². The summed E-state index contributed by atoms with van der Waals surface area (Å²) in [7, 11) is 0. The van der Waals surface area contributed by atoms with Gasteiger partial charge in [-0.1, -0.05) is 30.3 Å². The van der Waals surface area contributed by atoms with E-state index < -0.39 is 18.1 Å². The predicted octanol–water partition coefficient (Wildman–Crippen LogP) is 1.26. The number of carbonyl (C=O) groups is 3. The van der Waals surface area contributed by atoms with Crippen LogP contribution in [-0.2, 0) is 20.8 Å². The van der Waals surface area contributed by atoms with Gasteiger partial charge in [-0.2, -0.15) is 0 Å². The van der Waals surface area contributed by atoms with Crippen molar-refractivity contribution >= 4 is 17.8 Å². The molecule has 152 valence electrons. The summed E-state index contributed by atoms with van der Waals surface area (Å²) >= 11 is 0. The smallest absolute Gasteiger partial charge is 0.326 e. The summed E-state index contributed by atoms with van der Waals surface area (Å²) in [5.41, 5.74) is 7.18. The highest BCUT2D eigenvalue weighted by Gasteiger charge is 2.41. The zero-order chi connectivity index (χ0) is 20.1. The molecule has 0 aliphatic carbocycles. The normalized spacial score (nSPS) is 23.0. The Kier molecular flexibility index (Phi) is 6.67. The van der Waals surface area contributed by atoms with Gasteiger partial charge in [0.25, 0.3) is 0 Å². The molecule has 7 nitrogen and oxygen atoms in total. The first-order valence-electron chi connectivity index (χ1n) is 10.1. The zero-order valence-electron chi connectivity index (χ0n) is 16.1. The van der Waals surface area contributed by atoms with Gasteiger partial charge in [-0.15, -0.1) is 0 Å². The number of hydrogen-bond acceptors (Lipinski definition) is 4. The van der Waals surface area contributed by atoms with E-state index in [9.17, 15) is 19.5 Å². The average Bonchev–Trinajstić information content (AvgIpc) is 3.36. The lowest BCUT2D eigenvalue weighted by molar-refractivity contribution is -0.148. The highest BCUT2D eigenvalue weighted by Crippen LogP contribution is 2.27. The highest BCUT2D eigenvalue weighted by atomic mass is 16.4. The Balaban J connectivity index is 1.56. The van der Waals surface area contributed by atoms with Crippen LogP contribution in [0.25, 0.3) is 0 Å². The lowest BCUT2D eigenvalue weighted by Crippen LogP contribution is -2.48. The van der Waals surface area contributed by atoms with Crippen molar-refractivity contribution in [3.8, 4) is 0 Å². The molecule has 0 spiro atoms. The van der Waals surface area contributed by atoms with Gasteiger partial charge in [-0.3, -0.25) is 9.59 Å². The molecule has 2 saturated heterocycles. The Morgan fingerprint density at radius 1 is 1.14 bits per heavy atom. The van der Waals surface area contributed by atoms with Crippen LogP contribution in [0.5, 0.6) is 0 Å². The lowest BCUT2D eigenvalue weighted by Gasteiger charge is -2.25. The molecule has 28 heavy (non-hydrogen) atoms. The van der Waals surface area contributed by atoms with Crippen LogP contribution in [0.1, 0.15) is 37.7 Å². The third kappa shape index (κ3) is 4.90. The standard InChI is InChI=1S/C21H29N3O4/c22-17(8-9-19(25)23-10-4-5-11-23)20(26)24-14-16(13-18(24)21(27)28)12-15-6-2-1-3-7-15/h1-3,6-7,16-18H,4-5,8-14,22H2,(H,27,28)/t16-,17+,18-/m0/s1. The van der Waals surface area contributed by atoms with Crippen LogP contribution in [0.3, 0.4) is 0 Å². The number of rotatable bonds is 7. The molecule has 1 aromatic carbocycles. The summed E-state index contributed by atoms with van der Waals surface area (Å²) in [6.07, 6.45) is 3.68. The fourth-order valence-electron chi connectivity index (χ4n) is 4.24. The Morgan fingerprint density at radius 3 is 2.46 bits per heavy atom. The largest absolute Gasteiger partial charge is 0.480 e. The third-order valence-electron chi connectivity index (χ3n) is 5.77. The third-order valence-corrected chi connectivity index (χ3v) is 5.77. The van der Waals surface area contributed by atoms with E-state index in [4.69, 9.17) is 5.73 Å². The maximum absolute atomic E-state index is 12.8. The molecule has 3 rings (SSSR count). The molecule has 2 aliphatic rings. The Morgan fingerprint density at radius 2 is 1.82 bits per heavy atom. The summed E-state index contributed by atoms with van der Waals surface area (Å²) < 4.78 is 0. The van der Waals surface area contributed by atoms with Gasteiger partial charge < -0.3 is 20.6 Å². The Bertz CT molecular complexity index is 703. The number of nitrogens with two attached hydrogens (primary N) is 1. The second-order valence-corrected chi connectivity index (χ2v) is 7.87. The van der Waals surface area contributed by atoms with Crippen LogP contribution in [0, 0.1) is 5.92 Å². The SMILES string of the molecule is N[C@H](CCC(=O)N1CCCC1)C(=O)N1C[C@@H](Cc2ccccc2)C[C@H]1C(=O)O. The molecule has 0 radical (unpaired) electrons. The number of hydrogen-bond donors (Lipinski definition) is 2. The van der Waals surface area contributed by atoms with E-state index in [1.54, 1.807) is 0 Å². The summed E-state index contributed by atoms with van der Waals surface area (Å²) in [5.74, 6) is -1.24. The van der Waals surface area contributed by atoms with Gasteiger partial charge in [-0.25, -0.2) is 4.79 Å². The first-order valence-corrected chi connectivity index (χ1v) is 10.1. The molecule has 0 unspecified atom stereocenters. The summed E-state index contributed by atoms with van der Waals surface area (Å²) in [5, 5.41) is 9.56. The zero-order valence-corrected chi connectivity index (χ0v) is 16.1. The van der Waals surface area contributed by atoms with Gasteiger partial charge in [-0.05, 0) is 43.6 Å². The summed E-state index contributed by atoms with van der Waals surface area (Å²) in [4.78, 5) is 39.9. The van der Waals surface area contributed by atoms with Gasteiger partial charge >= 0.3 is 5.97 Å². The molecule has 3 N–H and O–H groups in total. The molecule has 0 aromatic heterocycles. The minimum atomic E-state index is -0.996. The number of carbonyl (C=O) groups excluding carboxylic acids is 2. The number of nitrogens with zero attached hydrogens (tertiary/aromatic N) is 2. The van der Waals surface area contributed by atoms with Gasteiger partial charge in [0.1, 0.15) is 6.04 Å². The van der Waals surface area contributed by atoms with Crippen LogP contribution < -0.4 is 5.73 Å². The molecule has 2 fully saturated rings. The highest BCUT2D eigenvalue weighted by molar-refractivity contribution is 5.88. The van der Waals surface area contributed by atoms with E-state index in [-0.39, 0.29) is 30.6 Å². The first kappa shape index (κ1) is 20.3. The maximum atomic E-state index is 12.8. The van der Waals surface area contributed by atoms with Crippen molar-refractivity contribution in [2.45, 2.75) is 50.6 Å². The van der Waals surface area contributed by atoms with Crippen molar-refractivity contribution < 1.29 is 19.5 Å². The molecule has 2 amide bonds. The minimum Gasteiger partial charge on any atom is -0.480 e. The number of amides is 2. The van der Waals surface area contributed by atoms with Crippen molar-refractivity contribution in [1.29, 1.82) is 0 Å². The molecule has 0 saturated carbocycles. The molecule has 7 heteroatoms. The molecule has 2 heterocycles. The average molecular weight is 387 g/mol. The quantitative estimate of drug-likeness (QED) is 0.733. The maximum Gasteiger partial charge on any atom is 0.326 e. The monoisotopic (exact) mass is 387 g/mol. The van der Waals surface area contributed by atoms with Crippen LogP contribution in [0.4, 0.5) is 0 Å². The van der Waals surface area contributed by atoms with Crippen molar-refractivity contribution in [3.63, 3.8) is 0 Å². The van der Waals surface area contributed by atoms with Crippen molar-refractivity contribution in [2.75, 3.05) is 19.6 Å². The number of likely N-dealkylation sites (tertiary alicyclic amines) is 2. The van der Waals surface area contributed by atoms with Crippen LogP contribution in [-0.4, -0.2) is 64.4 Å².